The maximum Gasteiger partial charge on any atom is 0.407 e. The van der Waals surface area contributed by atoms with Crippen molar-refractivity contribution in [2.75, 3.05) is 20.2 Å². The number of nitrogens with zero attached hydrogens (tertiary/aromatic N) is 1. The Hall–Kier alpha value is -1.36. The molecule has 2 atom stereocenters. The summed E-state index contributed by atoms with van der Waals surface area (Å²) in [4.78, 5) is 21.9. The predicted octanol–water partition coefficient (Wildman–Crippen LogP) is 0.853. The number of ether oxygens (including phenoxy) is 1. The molecule has 0 rings (SSSR count). The van der Waals surface area contributed by atoms with Gasteiger partial charge in [0.05, 0.1) is 18.9 Å². The van der Waals surface area contributed by atoms with Crippen molar-refractivity contribution in [3.63, 3.8) is 0 Å². The highest BCUT2D eigenvalue weighted by Gasteiger charge is 2.51. The van der Waals surface area contributed by atoms with E-state index < -0.39 is 52.3 Å². The first-order chi connectivity index (χ1) is 9.83. The smallest absolute Gasteiger partial charge is 0.407 e. The van der Waals surface area contributed by atoms with Crippen molar-refractivity contribution >= 4 is 22.0 Å². The van der Waals surface area contributed by atoms with E-state index >= 15 is 0 Å². The van der Waals surface area contributed by atoms with Gasteiger partial charge in [0.25, 0.3) is 0 Å². The van der Waals surface area contributed by atoms with Gasteiger partial charge in [-0.15, -0.1) is 0 Å². The van der Waals surface area contributed by atoms with Crippen LogP contribution in [-0.2, 0) is 24.3 Å². The van der Waals surface area contributed by atoms with Gasteiger partial charge >= 0.3 is 18.1 Å². The molecule has 0 aliphatic heterocycles. The molecule has 0 radical (unpaired) electrons. The average molecular weight is 349 g/mol. The molecule has 0 aromatic rings. The molecule has 0 fully saturated rings. The van der Waals surface area contributed by atoms with Gasteiger partial charge in [-0.25, -0.2) is 12.7 Å². The number of carboxylic acids is 1. The van der Waals surface area contributed by atoms with Crippen molar-refractivity contribution in [2.45, 2.75) is 31.7 Å². The molecule has 11 heteroatoms. The van der Waals surface area contributed by atoms with Crippen molar-refractivity contribution in [1.82, 2.24) is 4.31 Å². The maximum atomic E-state index is 12.9. The lowest BCUT2D eigenvalue weighted by atomic mass is 10.2. The fourth-order valence-electron chi connectivity index (χ4n) is 1.55. The van der Waals surface area contributed by atoms with Gasteiger partial charge in [-0.2, -0.15) is 13.2 Å². The van der Waals surface area contributed by atoms with Crippen LogP contribution in [-0.4, -0.2) is 61.4 Å². The summed E-state index contributed by atoms with van der Waals surface area (Å²) in [5.74, 6) is -3.85. The number of esters is 1. The van der Waals surface area contributed by atoms with Crippen LogP contribution in [0.3, 0.4) is 0 Å². The first-order valence-electron chi connectivity index (χ1n) is 6.24. The van der Waals surface area contributed by atoms with Gasteiger partial charge in [-0.3, -0.25) is 9.59 Å². The van der Waals surface area contributed by atoms with Gasteiger partial charge in [-0.05, 0) is 6.92 Å². The van der Waals surface area contributed by atoms with Crippen LogP contribution >= 0.6 is 0 Å². The van der Waals surface area contributed by atoms with E-state index in [0.717, 1.165) is 14.0 Å². The second-order valence-corrected chi connectivity index (χ2v) is 6.83. The molecule has 2 unspecified atom stereocenters. The second-order valence-electron chi connectivity index (χ2n) is 4.60. The normalized spacial score (nSPS) is 15.4. The number of hydrogen-bond acceptors (Lipinski definition) is 5. The third-order valence-electron chi connectivity index (χ3n) is 2.77. The number of aliphatic carboxylic acids is 1. The highest BCUT2D eigenvalue weighted by molar-refractivity contribution is 7.89. The van der Waals surface area contributed by atoms with Gasteiger partial charge in [0.1, 0.15) is 0 Å². The lowest BCUT2D eigenvalue weighted by molar-refractivity contribution is -0.155. The molecule has 0 aliphatic rings. The summed E-state index contributed by atoms with van der Waals surface area (Å²) in [6.07, 6.45) is -6.57. The van der Waals surface area contributed by atoms with Gasteiger partial charge < -0.3 is 9.84 Å². The molecule has 0 aromatic carbocycles. The van der Waals surface area contributed by atoms with Crippen molar-refractivity contribution < 1.29 is 41.0 Å². The largest absolute Gasteiger partial charge is 0.481 e. The molecular formula is C11H18F3NO6S. The van der Waals surface area contributed by atoms with Gasteiger partial charge in [0.15, 0.2) is 5.25 Å². The fraction of sp³-hybridized carbons (Fsp3) is 0.818. The fourth-order valence-corrected chi connectivity index (χ4v) is 3.10. The minimum atomic E-state index is -5.19. The van der Waals surface area contributed by atoms with E-state index in [1.165, 1.54) is 6.92 Å². The SMILES string of the molecule is CCOC(=O)CC(C(F)(F)F)S(=O)(=O)N(C)CC(C)C(=O)O. The van der Waals surface area contributed by atoms with E-state index in [9.17, 15) is 31.2 Å². The molecule has 1 N–H and O–H groups in total. The van der Waals surface area contributed by atoms with E-state index in [2.05, 4.69) is 4.74 Å². The Morgan fingerprint density at radius 3 is 2.18 bits per heavy atom. The summed E-state index contributed by atoms with van der Waals surface area (Å²) in [5.41, 5.74) is 0. The molecule has 0 saturated heterocycles. The van der Waals surface area contributed by atoms with Crippen LogP contribution in [0, 0.1) is 5.92 Å². The van der Waals surface area contributed by atoms with Crippen LogP contribution in [0.15, 0.2) is 0 Å². The quantitative estimate of drug-likeness (QED) is 0.652. The molecule has 7 nitrogen and oxygen atoms in total. The highest BCUT2D eigenvalue weighted by Crippen LogP contribution is 2.30. The van der Waals surface area contributed by atoms with E-state index in [4.69, 9.17) is 5.11 Å². The zero-order chi connectivity index (χ0) is 17.7. The zero-order valence-corrected chi connectivity index (χ0v) is 13.1. The molecule has 0 amide bonds. The Balaban J connectivity index is 5.35. The molecule has 0 heterocycles. The van der Waals surface area contributed by atoms with Crippen molar-refractivity contribution in [3.8, 4) is 0 Å². The minimum Gasteiger partial charge on any atom is -0.481 e. The second kappa shape index (κ2) is 7.77. The molecule has 130 valence electrons. The molecular weight excluding hydrogens is 331 g/mol. The van der Waals surface area contributed by atoms with Gasteiger partial charge in [-0.1, -0.05) is 6.92 Å². The Bertz CT molecular complexity index is 504. The summed E-state index contributed by atoms with van der Waals surface area (Å²) in [6, 6.07) is 0. The zero-order valence-electron chi connectivity index (χ0n) is 12.3. The molecule has 0 saturated carbocycles. The van der Waals surface area contributed by atoms with Crippen molar-refractivity contribution in [2.24, 2.45) is 5.92 Å². The lowest BCUT2D eigenvalue weighted by Gasteiger charge is -2.26. The number of sulfonamides is 1. The topological polar surface area (TPSA) is 101 Å². The number of halogens is 3. The number of carbonyl (C=O) groups is 2. The van der Waals surface area contributed by atoms with E-state index in [1.54, 1.807) is 0 Å². The van der Waals surface area contributed by atoms with Gasteiger partial charge in [0.2, 0.25) is 10.0 Å². The van der Waals surface area contributed by atoms with E-state index in [0.29, 0.717) is 4.31 Å². The monoisotopic (exact) mass is 349 g/mol. The Morgan fingerprint density at radius 2 is 1.82 bits per heavy atom. The van der Waals surface area contributed by atoms with Crippen LogP contribution in [0.2, 0.25) is 0 Å². The highest BCUT2D eigenvalue weighted by atomic mass is 32.2. The third kappa shape index (κ3) is 5.79. The van der Waals surface area contributed by atoms with Crippen molar-refractivity contribution in [1.29, 1.82) is 0 Å². The number of hydrogen-bond donors (Lipinski definition) is 1. The first kappa shape index (κ1) is 20.6. The van der Waals surface area contributed by atoms with Crippen LogP contribution in [0.5, 0.6) is 0 Å². The maximum absolute atomic E-state index is 12.9. The Morgan fingerprint density at radius 1 is 1.32 bits per heavy atom. The Kier molecular flexibility index (Phi) is 7.29. The number of alkyl halides is 3. The molecule has 22 heavy (non-hydrogen) atoms. The first-order valence-corrected chi connectivity index (χ1v) is 7.74. The molecule has 0 aromatic heterocycles. The summed E-state index contributed by atoms with van der Waals surface area (Å²) < 4.78 is 67.4. The third-order valence-corrected chi connectivity index (χ3v) is 4.94. The van der Waals surface area contributed by atoms with Crippen LogP contribution < -0.4 is 0 Å². The number of carboxylic acid groups (broad SMARTS) is 1. The van der Waals surface area contributed by atoms with Gasteiger partial charge in [0, 0.05) is 13.6 Å². The summed E-state index contributed by atoms with van der Waals surface area (Å²) in [7, 11) is -4.12. The predicted molar refractivity (Wildman–Crippen MR) is 69.4 cm³/mol. The molecule has 0 spiro atoms. The summed E-state index contributed by atoms with van der Waals surface area (Å²) in [5, 5.41) is 5.71. The van der Waals surface area contributed by atoms with Crippen LogP contribution in [0.4, 0.5) is 13.2 Å². The summed E-state index contributed by atoms with van der Waals surface area (Å²) >= 11 is 0. The molecule has 0 bridgehead atoms. The summed E-state index contributed by atoms with van der Waals surface area (Å²) in [6.45, 7) is 1.69. The van der Waals surface area contributed by atoms with E-state index in [-0.39, 0.29) is 6.61 Å². The number of rotatable bonds is 8. The Labute approximate surface area is 126 Å². The lowest BCUT2D eigenvalue weighted by Crippen LogP contribution is -2.47. The van der Waals surface area contributed by atoms with Crippen molar-refractivity contribution in [3.05, 3.63) is 0 Å². The van der Waals surface area contributed by atoms with E-state index in [1.807, 2.05) is 0 Å². The standard InChI is InChI=1S/C11H18F3NO6S/c1-4-21-9(16)5-8(11(12,13)14)22(19,20)15(3)6-7(2)10(17)18/h7-8H,4-6H2,1-3H3,(H,17,18). The average Bonchev–Trinajstić information content (AvgIpc) is 2.34. The minimum absolute atomic E-state index is 0.185. The molecule has 0 aliphatic carbocycles. The number of carbonyl (C=O) groups excluding carboxylic acids is 1. The van der Waals surface area contributed by atoms with Crippen LogP contribution in [0.25, 0.3) is 0 Å². The van der Waals surface area contributed by atoms with Crippen LogP contribution in [0.1, 0.15) is 20.3 Å².